The number of aromatic nitrogens is 2. The Balaban J connectivity index is 1.40. The van der Waals surface area contributed by atoms with E-state index in [1.807, 2.05) is 0 Å². The SMILES string of the molecule is CNC(=O)c1ccc(NCC2CCN(CCc3ccccc3)C2)nn1. The Hall–Kier alpha value is -2.47. The van der Waals surface area contributed by atoms with Crippen molar-refractivity contribution in [1.29, 1.82) is 0 Å². The van der Waals surface area contributed by atoms with Crippen LogP contribution >= 0.6 is 0 Å². The molecule has 1 amide bonds. The van der Waals surface area contributed by atoms with Crippen molar-refractivity contribution in [3.8, 4) is 0 Å². The van der Waals surface area contributed by atoms with Gasteiger partial charge in [0.15, 0.2) is 5.69 Å². The lowest BCUT2D eigenvalue weighted by Crippen LogP contribution is -2.25. The van der Waals surface area contributed by atoms with E-state index in [1.54, 1.807) is 19.2 Å². The van der Waals surface area contributed by atoms with E-state index in [-0.39, 0.29) is 5.91 Å². The number of rotatable bonds is 7. The van der Waals surface area contributed by atoms with Crippen LogP contribution in [0.5, 0.6) is 0 Å². The topological polar surface area (TPSA) is 70.2 Å². The minimum Gasteiger partial charge on any atom is -0.368 e. The zero-order chi connectivity index (χ0) is 17.5. The van der Waals surface area contributed by atoms with E-state index in [0.29, 0.717) is 11.6 Å². The predicted octanol–water partition coefficient (Wildman–Crippen LogP) is 1.81. The summed E-state index contributed by atoms with van der Waals surface area (Å²) in [5.74, 6) is 1.12. The highest BCUT2D eigenvalue weighted by molar-refractivity contribution is 5.91. The Kier molecular flexibility index (Phi) is 5.95. The summed E-state index contributed by atoms with van der Waals surface area (Å²) in [6.07, 6.45) is 2.30. The lowest BCUT2D eigenvalue weighted by molar-refractivity contribution is 0.0957. The third kappa shape index (κ3) is 5.00. The largest absolute Gasteiger partial charge is 0.368 e. The Morgan fingerprint density at radius 1 is 1.20 bits per heavy atom. The second-order valence-corrected chi connectivity index (χ2v) is 6.45. The van der Waals surface area contributed by atoms with Crippen molar-refractivity contribution < 1.29 is 4.79 Å². The summed E-state index contributed by atoms with van der Waals surface area (Å²) in [6.45, 7) is 4.26. The highest BCUT2D eigenvalue weighted by Crippen LogP contribution is 2.17. The van der Waals surface area contributed by atoms with Gasteiger partial charge in [0.1, 0.15) is 5.82 Å². The number of likely N-dealkylation sites (tertiary alicyclic amines) is 1. The number of hydrogen-bond donors (Lipinski definition) is 2. The maximum atomic E-state index is 11.5. The fourth-order valence-electron chi connectivity index (χ4n) is 3.14. The molecule has 0 radical (unpaired) electrons. The van der Waals surface area contributed by atoms with E-state index in [9.17, 15) is 4.79 Å². The van der Waals surface area contributed by atoms with Crippen LogP contribution in [-0.2, 0) is 6.42 Å². The van der Waals surface area contributed by atoms with Gasteiger partial charge in [0.25, 0.3) is 5.91 Å². The molecule has 3 rings (SSSR count). The molecule has 1 aromatic heterocycles. The molecule has 0 aliphatic carbocycles. The second kappa shape index (κ2) is 8.58. The first kappa shape index (κ1) is 17.4. The summed E-state index contributed by atoms with van der Waals surface area (Å²) in [5, 5.41) is 13.9. The molecule has 2 aromatic rings. The van der Waals surface area contributed by atoms with Gasteiger partial charge in [0.05, 0.1) is 0 Å². The van der Waals surface area contributed by atoms with Crippen LogP contribution in [0.25, 0.3) is 0 Å². The van der Waals surface area contributed by atoms with E-state index in [1.165, 1.54) is 12.0 Å². The van der Waals surface area contributed by atoms with Crippen LogP contribution in [0.15, 0.2) is 42.5 Å². The molecule has 1 atom stereocenters. The average molecular weight is 339 g/mol. The first-order valence-corrected chi connectivity index (χ1v) is 8.80. The third-order valence-electron chi connectivity index (χ3n) is 4.63. The molecule has 25 heavy (non-hydrogen) atoms. The maximum Gasteiger partial charge on any atom is 0.271 e. The predicted molar refractivity (Wildman–Crippen MR) is 98.6 cm³/mol. The molecule has 6 nitrogen and oxygen atoms in total. The van der Waals surface area contributed by atoms with Gasteiger partial charge in [-0.05, 0) is 43.0 Å². The van der Waals surface area contributed by atoms with E-state index >= 15 is 0 Å². The number of hydrogen-bond acceptors (Lipinski definition) is 5. The third-order valence-corrected chi connectivity index (χ3v) is 4.63. The monoisotopic (exact) mass is 339 g/mol. The van der Waals surface area contributed by atoms with Crippen molar-refractivity contribution in [2.75, 3.05) is 38.5 Å². The lowest BCUT2D eigenvalue weighted by Gasteiger charge is -2.16. The molecule has 0 bridgehead atoms. The van der Waals surface area contributed by atoms with E-state index < -0.39 is 0 Å². The number of amides is 1. The van der Waals surface area contributed by atoms with Crippen molar-refractivity contribution >= 4 is 11.7 Å². The van der Waals surface area contributed by atoms with Crippen LogP contribution in [0.4, 0.5) is 5.82 Å². The molecular weight excluding hydrogens is 314 g/mol. The summed E-state index contributed by atoms with van der Waals surface area (Å²) in [7, 11) is 1.58. The first-order valence-electron chi connectivity index (χ1n) is 8.80. The van der Waals surface area contributed by atoms with Gasteiger partial charge in [-0.2, -0.15) is 0 Å². The summed E-state index contributed by atoms with van der Waals surface area (Å²) in [4.78, 5) is 14.0. The Labute approximate surface area is 148 Å². The highest BCUT2D eigenvalue weighted by atomic mass is 16.1. The van der Waals surface area contributed by atoms with Gasteiger partial charge < -0.3 is 15.5 Å². The van der Waals surface area contributed by atoms with E-state index in [4.69, 9.17) is 0 Å². The lowest BCUT2D eigenvalue weighted by atomic mass is 10.1. The number of carbonyl (C=O) groups is 1. The standard InChI is InChI=1S/C19H25N5O/c1-20-19(25)17-7-8-18(23-22-17)21-13-16-10-12-24(14-16)11-9-15-5-3-2-4-6-15/h2-8,16H,9-14H2,1H3,(H,20,25)(H,21,23). The number of nitrogens with zero attached hydrogens (tertiary/aromatic N) is 3. The fourth-order valence-corrected chi connectivity index (χ4v) is 3.14. The molecular formula is C19H25N5O. The van der Waals surface area contributed by atoms with Crippen LogP contribution in [-0.4, -0.2) is 54.2 Å². The molecule has 2 heterocycles. The molecule has 1 aliphatic rings. The Morgan fingerprint density at radius 2 is 2.04 bits per heavy atom. The Bertz CT molecular complexity index is 674. The van der Waals surface area contributed by atoms with Gasteiger partial charge in [-0.3, -0.25) is 4.79 Å². The minimum absolute atomic E-state index is 0.219. The summed E-state index contributed by atoms with van der Waals surface area (Å²) < 4.78 is 0. The number of carbonyl (C=O) groups excluding carboxylic acids is 1. The number of nitrogens with one attached hydrogen (secondary N) is 2. The van der Waals surface area contributed by atoms with Crippen LogP contribution in [0.1, 0.15) is 22.5 Å². The van der Waals surface area contributed by atoms with Crippen molar-refractivity contribution in [2.45, 2.75) is 12.8 Å². The second-order valence-electron chi connectivity index (χ2n) is 6.45. The van der Waals surface area contributed by atoms with E-state index in [0.717, 1.165) is 38.4 Å². The van der Waals surface area contributed by atoms with Gasteiger partial charge in [0, 0.05) is 26.7 Å². The highest BCUT2D eigenvalue weighted by Gasteiger charge is 2.22. The quantitative estimate of drug-likeness (QED) is 0.805. The van der Waals surface area contributed by atoms with Crippen molar-refractivity contribution in [1.82, 2.24) is 20.4 Å². The Morgan fingerprint density at radius 3 is 2.76 bits per heavy atom. The number of anilines is 1. The fraction of sp³-hybridized carbons (Fsp3) is 0.421. The molecule has 6 heteroatoms. The van der Waals surface area contributed by atoms with Gasteiger partial charge in [0.2, 0.25) is 0 Å². The summed E-state index contributed by atoms with van der Waals surface area (Å²) >= 11 is 0. The van der Waals surface area contributed by atoms with Crippen LogP contribution in [0.3, 0.4) is 0 Å². The molecule has 1 saturated heterocycles. The van der Waals surface area contributed by atoms with Crippen LogP contribution in [0, 0.1) is 5.92 Å². The van der Waals surface area contributed by atoms with Crippen LogP contribution < -0.4 is 10.6 Å². The number of benzene rings is 1. The van der Waals surface area contributed by atoms with Crippen molar-refractivity contribution in [2.24, 2.45) is 5.92 Å². The van der Waals surface area contributed by atoms with Crippen molar-refractivity contribution in [3.63, 3.8) is 0 Å². The molecule has 1 aromatic carbocycles. The normalized spacial score (nSPS) is 17.4. The molecule has 2 N–H and O–H groups in total. The van der Waals surface area contributed by atoms with Gasteiger partial charge in [-0.25, -0.2) is 0 Å². The van der Waals surface area contributed by atoms with Gasteiger partial charge in [-0.15, -0.1) is 10.2 Å². The summed E-state index contributed by atoms with van der Waals surface area (Å²) in [5.41, 5.74) is 1.73. The molecule has 0 spiro atoms. The maximum absolute atomic E-state index is 11.5. The zero-order valence-corrected chi connectivity index (χ0v) is 14.6. The van der Waals surface area contributed by atoms with Gasteiger partial charge >= 0.3 is 0 Å². The van der Waals surface area contributed by atoms with E-state index in [2.05, 4.69) is 56.1 Å². The molecule has 0 saturated carbocycles. The molecule has 1 unspecified atom stereocenters. The molecule has 1 aliphatic heterocycles. The first-order chi connectivity index (χ1) is 12.2. The smallest absolute Gasteiger partial charge is 0.271 e. The van der Waals surface area contributed by atoms with Gasteiger partial charge in [-0.1, -0.05) is 30.3 Å². The van der Waals surface area contributed by atoms with Crippen molar-refractivity contribution in [3.05, 3.63) is 53.7 Å². The summed E-state index contributed by atoms with van der Waals surface area (Å²) in [6, 6.07) is 14.1. The zero-order valence-electron chi connectivity index (χ0n) is 14.6. The van der Waals surface area contributed by atoms with Crippen LogP contribution in [0.2, 0.25) is 0 Å². The minimum atomic E-state index is -0.219. The molecule has 132 valence electrons. The average Bonchev–Trinajstić information content (AvgIpc) is 3.13. The molecule has 1 fully saturated rings.